The van der Waals surface area contributed by atoms with E-state index in [-0.39, 0.29) is 21.5 Å². The zero-order valence-corrected chi connectivity index (χ0v) is 13.5. The maximum Gasteiger partial charge on any atom is 0.453 e. The summed E-state index contributed by atoms with van der Waals surface area (Å²) in [6.07, 6.45) is -2.30. The Morgan fingerprint density at radius 1 is 1.26 bits per heavy atom. The molecule has 1 aromatic carbocycles. The monoisotopic (exact) mass is 385 g/mol. The smallest absolute Gasteiger partial charge is 0.219 e. The van der Waals surface area contributed by atoms with Gasteiger partial charge in [-0.05, 0) is 36.5 Å². The summed E-state index contributed by atoms with van der Waals surface area (Å²) in [7, 11) is 1.35. The van der Waals surface area contributed by atoms with Crippen molar-refractivity contribution < 1.29 is 21.6 Å². The second-order valence-corrected chi connectivity index (χ2v) is 8.01. The average molecular weight is 386 g/mol. The summed E-state index contributed by atoms with van der Waals surface area (Å²) in [6, 6.07) is 2.52. The Labute approximate surface area is 138 Å². The molecule has 1 heterocycles. The van der Waals surface area contributed by atoms with Crippen LogP contribution in [-0.4, -0.2) is 23.2 Å². The summed E-state index contributed by atoms with van der Waals surface area (Å²) in [6.45, 7) is 0. The Bertz CT molecular complexity index is 876. The highest BCUT2D eigenvalue weighted by Crippen LogP contribution is 2.45. The van der Waals surface area contributed by atoms with Crippen LogP contribution in [0, 0.1) is 0 Å². The molecule has 1 saturated carbocycles. The highest BCUT2D eigenvalue weighted by molar-refractivity contribution is 8.13. The lowest BCUT2D eigenvalue weighted by Crippen LogP contribution is -2.09. The fourth-order valence-corrected chi connectivity index (χ4v) is 3.59. The van der Waals surface area contributed by atoms with Gasteiger partial charge in [0.2, 0.25) is 0 Å². The topological polar surface area (TPSA) is 64.8 Å². The Kier molecular flexibility index (Phi) is 3.85. The first-order chi connectivity index (χ1) is 10.6. The molecule has 0 spiro atoms. The molecule has 2 aromatic rings. The summed E-state index contributed by atoms with van der Waals surface area (Å²) in [5.41, 5.74) is 0.420. The standard InChI is InChI=1S/C12H8Cl2F3N3O2S/c13-8-3-7(6-1-2-6)10(23(14,21)22)4-9(8)20-5-18-11(19-20)12(15,16)17/h3-6H,1-2H2. The second-order valence-electron chi connectivity index (χ2n) is 5.06. The van der Waals surface area contributed by atoms with Crippen LogP contribution in [-0.2, 0) is 15.2 Å². The molecule has 5 nitrogen and oxygen atoms in total. The van der Waals surface area contributed by atoms with Gasteiger partial charge in [0.15, 0.2) is 0 Å². The minimum Gasteiger partial charge on any atom is -0.219 e. The molecule has 0 atom stereocenters. The molecule has 0 bridgehead atoms. The third kappa shape index (κ3) is 3.31. The van der Waals surface area contributed by atoms with Crippen LogP contribution >= 0.6 is 22.3 Å². The van der Waals surface area contributed by atoms with Crippen molar-refractivity contribution in [1.29, 1.82) is 0 Å². The predicted octanol–water partition coefficient (Wildman–Crippen LogP) is 3.74. The van der Waals surface area contributed by atoms with E-state index in [2.05, 4.69) is 10.1 Å². The summed E-state index contributed by atoms with van der Waals surface area (Å²) in [4.78, 5) is 2.98. The first-order valence-electron chi connectivity index (χ1n) is 6.34. The number of aromatic nitrogens is 3. The normalized spacial score (nSPS) is 15.9. The van der Waals surface area contributed by atoms with Gasteiger partial charge < -0.3 is 0 Å². The highest BCUT2D eigenvalue weighted by atomic mass is 35.7. The molecule has 1 aliphatic carbocycles. The average Bonchev–Trinajstić information content (AvgIpc) is 3.13. The number of nitrogens with zero attached hydrogens (tertiary/aromatic N) is 3. The molecule has 1 fully saturated rings. The van der Waals surface area contributed by atoms with E-state index in [0.29, 0.717) is 5.56 Å². The van der Waals surface area contributed by atoms with Gasteiger partial charge in [0, 0.05) is 10.7 Å². The first-order valence-corrected chi connectivity index (χ1v) is 9.03. The van der Waals surface area contributed by atoms with Crippen molar-refractivity contribution >= 4 is 31.3 Å². The molecule has 0 aliphatic heterocycles. The molecule has 0 saturated heterocycles. The number of benzene rings is 1. The van der Waals surface area contributed by atoms with Gasteiger partial charge in [-0.3, -0.25) is 0 Å². The third-order valence-corrected chi connectivity index (χ3v) is 5.03. The van der Waals surface area contributed by atoms with E-state index in [4.69, 9.17) is 22.3 Å². The van der Waals surface area contributed by atoms with E-state index in [1.807, 2.05) is 0 Å². The van der Waals surface area contributed by atoms with Crippen molar-refractivity contribution in [2.75, 3.05) is 0 Å². The van der Waals surface area contributed by atoms with Gasteiger partial charge in [-0.1, -0.05) is 11.6 Å². The lowest BCUT2D eigenvalue weighted by atomic mass is 10.1. The molecule has 0 N–H and O–H groups in total. The Morgan fingerprint density at radius 2 is 1.91 bits per heavy atom. The lowest BCUT2D eigenvalue weighted by Gasteiger charge is -2.11. The number of hydrogen-bond acceptors (Lipinski definition) is 4. The van der Waals surface area contributed by atoms with E-state index < -0.39 is 21.1 Å². The maximum absolute atomic E-state index is 12.6. The van der Waals surface area contributed by atoms with Crippen molar-refractivity contribution in [3.05, 3.63) is 34.9 Å². The number of hydrogen-bond donors (Lipinski definition) is 0. The van der Waals surface area contributed by atoms with Gasteiger partial charge in [-0.2, -0.15) is 13.2 Å². The van der Waals surface area contributed by atoms with Crippen LogP contribution in [0.15, 0.2) is 23.4 Å². The summed E-state index contributed by atoms with van der Waals surface area (Å²) in [5, 5.41) is 3.35. The molecule has 0 radical (unpaired) electrons. The van der Waals surface area contributed by atoms with E-state index in [0.717, 1.165) is 29.9 Å². The molecule has 124 valence electrons. The van der Waals surface area contributed by atoms with Gasteiger partial charge in [0.1, 0.15) is 6.33 Å². The van der Waals surface area contributed by atoms with Crippen LogP contribution in [0.2, 0.25) is 5.02 Å². The van der Waals surface area contributed by atoms with Crippen LogP contribution in [0.1, 0.15) is 30.1 Å². The minimum atomic E-state index is -4.72. The van der Waals surface area contributed by atoms with Crippen molar-refractivity contribution in [2.24, 2.45) is 0 Å². The summed E-state index contributed by atoms with van der Waals surface area (Å²) in [5.74, 6) is -1.32. The van der Waals surface area contributed by atoms with Crippen LogP contribution in [0.25, 0.3) is 5.69 Å². The van der Waals surface area contributed by atoms with Crippen molar-refractivity contribution in [2.45, 2.75) is 29.8 Å². The Morgan fingerprint density at radius 3 is 2.39 bits per heavy atom. The maximum atomic E-state index is 12.6. The quantitative estimate of drug-likeness (QED) is 0.754. The van der Waals surface area contributed by atoms with Gasteiger partial charge in [0.25, 0.3) is 14.9 Å². The van der Waals surface area contributed by atoms with E-state index in [1.54, 1.807) is 0 Å². The molecule has 0 amide bonds. The van der Waals surface area contributed by atoms with E-state index in [9.17, 15) is 21.6 Å². The predicted molar refractivity (Wildman–Crippen MR) is 76.4 cm³/mol. The number of halogens is 5. The largest absolute Gasteiger partial charge is 0.453 e. The van der Waals surface area contributed by atoms with Gasteiger partial charge in [-0.25, -0.2) is 18.1 Å². The minimum absolute atomic E-state index is 0.0338. The zero-order valence-electron chi connectivity index (χ0n) is 11.2. The molecule has 11 heteroatoms. The number of alkyl halides is 3. The molecular formula is C12H8Cl2F3N3O2S. The SMILES string of the molecule is O=S(=O)(Cl)c1cc(-n2cnc(C(F)(F)F)n2)c(Cl)cc1C1CC1. The van der Waals surface area contributed by atoms with Crippen LogP contribution in [0.4, 0.5) is 13.2 Å². The van der Waals surface area contributed by atoms with Gasteiger partial charge >= 0.3 is 6.18 Å². The fraction of sp³-hybridized carbons (Fsp3) is 0.333. The van der Waals surface area contributed by atoms with E-state index >= 15 is 0 Å². The molecule has 0 unspecified atom stereocenters. The number of rotatable bonds is 3. The van der Waals surface area contributed by atoms with E-state index in [1.165, 1.54) is 6.07 Å². The van der Waals surface area contributed by atoms with Gasteiger partial charge in [-0.15, -0.1) is 5.10 Å². The Balaban J connectivity index is 2.15. The molecule has 23 heavy (non-hydrogen) atoms. The Hall–Kier alpha value is -1.32. The second kappa shape index (κ2) is 5.35. The van der Waals surface area contributed by atoms with Crippen LogP contribution in [0.5, 0.6) is 0 Å². The van der Waals surface area contributed by atoms with Crippen LogP contribution < -0.4 is 0 Å². The summed E-state index contributed by atoms with van der Waals surface area (Å²) >= 11 is 6.07. The molecular weight excluding hydrogens is 378 g/mol. The third-order valence-electron chi connectivity index (χ3n) is 3.35. The fourth-order valence-electron chi connectivity index (χ4n) is 2.17. The van der Waals surface area contributed by atoms with Crippen LogP contribution in [0.3, 0.4) is 0 Å². The molecule has 3 rings (SSSR count). The highest BCUT2D eigenvalue weighted by Gasteiger charge is 2.36. The summed E-state index contributed by atoms with van der Waals surface area (Å²) < 4.78 is 62.0. The van der Waals surface area contributed by atoms with Gasteiger partial charge in [0.05, 0.1) is 15.6 Å². The lowest BCUT2D eigenvalue weighted by molar-refractivity contribution is -0.144. The van der Waals surface area contributed by atoms with Crippen molar-refractivity contribution in [3.63, 3.8) is 0 Å². The van der Waals surface area contributed by atoms with Crippen molar-refractivity contribution in [1.82, 2.24) is 14.8 Å². The molecule has 1 aliphatic rings. The molecule has 1 aromatic heterocycles. The zero-order chi connectivity index (χ0) is 17.0. The first kappa shape index (κ1) is 16.5. The van der Waals surface area contributed by atoms with Crippen molar-refractivity contribution in [3.8, 4) is 5.69 Å².